The number of esters is 1. The van der Waals surface area contributed by atoms with Gasteiger partial charge in [0.15, 0.2) is 0 Å². The SMILES string of the molecule is CCOC(=O)c1cnn2c1C(=O)N(c1ccc(C(F)(F)c3ccccc3)cc1)[C@@H](C)C2. The highest BCUT2D eigenvalue weighted by atomic mass is 19.3. The highest BCUT2D eigenvalue weighted by Gasteiger charge is 2.37. The average Bonchev–Trinajstić information content (AvgIpc) is 3.19. The van der Waals surface area contributed by atoms with E-state index in [9.17, 15) is 18.4 Å². The van der Waals surface area contributed by atoms with E-state index >= 15 is 0 Å². The number of aromatic nitrogens is 2. The molecule has 2 heterocycles. The minimum atomic E-state index is -3.16. The molecular formula is C23H21F2N3O3. The number of fused-ring (bicyclic) bond motifs is 1. The minimum absolute atomic E-state index is 0.0935. The molecule has 4 rings (SSSR count). The van der Waals surface area contributed by atoms with Crippen LogP contribution in [0.2, 0.25) is 0 Å². The first-order valence-corrected chi connectivity index (χ1v) is 9.95. The van der Waals surface area contributed by atoms with Crippen LogP contribution in [0.1, 0.15) is 45.8 Å². The second-order valence-corrected chi connectivity index (χ2v) is 7.32. The van der Waals surface area contributed by atoms with E-state index < -0.39 is 17.8 Å². The van der Waals surface area contributed by atoms with Crippen LogP contribution in [0, 0.1) is 0 Å². The third-order valence-electron chi connectivity index (χ3n) is 5.28. The van der Waals surface area contributed by atoms with E-state index in [4.69, 9.17) is 4.74 Å². The number of carbonyl (C=O) groups excluding carboxylic acids is 2. The molecule has 3 aromatic rings. The lowest BCUT2D eigenvalue weighted by molar-refractivity contribution is 0.0428. The highest BCUT2D eigenvalue weighted by Crippen LogP contribution is 2.37. The second-order valence-electron chi connectivity index (χ2n) is 7.32. The van der Waals surface area contributed by atoms with Crippen LogP contribution in [-0.2, 0) is 17.2 Å². The van der Waals surface area contributed by atoms with Crippen molar-refractivity contribution in [3.8, 4) is 0 Å². The Hall–Kier alpha value is -3.55. The molecule has 0 aliphatic carbocycles. The number of ether oxygens (including phenoxy) is 1. The Morgan fingerprint density at radius 3 is 2.42 bits per heavy atom. The summed E-state index contributed by atoms with van der Waals surface area (Å²) < 4.78 is 36.2. The van der Waals surface area contributed by atoms with Gasteiger partial charge in [-0.05, 0) is 26.0 Å². The number of amides is 1. The summed E-state index contributed by atoms with van der Waals surface area (Å²) in [6.07, 6.45) is 1.32. The molecule has 160 valence electrons. The first-order chi connectivity index (χ1) is 14.8. The van der Waals surface area contributed by atoms with Crippen LogP contribution in [0.3, 0.4) is 0 Å². The van der Waals surface area contributed by atoms with Gasteiger partial charge in [0.25, 0.3) is 11.8 Å². The van der Waals surface area contributed by atoms with Gasteiger partial charge in [-0.2, -0.15) is 13.9 Å². The normalized spacial score (nSPS) is 16.2. The van der Waals surface area contributed by atoms with Gasteiger partial charge >= 0.3 is 5.97 Å². The number of halogens is 2. The number of hydrogen-bond acceptors (Lipinski definition) is 4. The van der Waals surface area contributed by atoms with Crippen LogP contribution < -0.4 is 4.90 Å². The van der Waals surface area contributed by atoms with Gasteiger partial charge in [0, 0.05) is 16.8 Å². The van der Waals surface area contributed by atoms with Gasteiger partial charge in [-0.25, -0.2) is 4.79 Å². The number of benzene rings is 2. The zero-order chi connectivity index (χ0) is 22.2. The summed E-state index contributed by atoms with van der Waals surface area (Å²) in [7, 11) is 0. The van der Waals surface area contributed by atoms with Gasteiger partial charge < -0.3 is 9.64 Å². The first kappa shape index (κ1) is 20.7. The summed E-state index contributed by atoms with van der Waals surface area (Å²) in [5, 5.41) is 4.14. The van der Waals surface area contributed by atoms with Gasteiger partial charge in [-0.1, -0.05) is 42.5 Å². The van der Waals surface area contributed by atoms with Crippen molar-refractivity contribution in [1.29, 1.82) is 0 Å². The van der Waals surface area contributed by atoms with Crippen molar-refractivity contribution in [1.82, 2.24) is 9.78 Å². The average molecular weight is 425 g/mol. The van der Waals surface area contributed by atoms with Crippen LogP contribution >= 0.6 is 0 Å². The van der Waals surface area contributed by atoms with Crippen LogP contribution in [0.5, 0.6) is 0 Å². The smallest absolute Gasteiger partial charge is 0.342 e. The molecule has 1 aromatic heterocycles. The maximum Gasteiger partial charge on any atom is 0.342 e. The zero-order valence-corrected chi connectivity index (χ0v) is 17.1. The molecule has 1 aliphatic heterocycles. The summed E-state index contributed by atoms with van der Waals surface area (Å²) in [6, 6.07) is 12.9. The van der Waals surface area contributed by atoms with Crippen molar-refractivity contribution in [3.05, 3.63) is 83.2 Å². The molecule has 1 aliphatic rings. The lowest BCUT2D eigenvalue weighted by Gasteiger charge is -2.34. The molecule has 0 unspecified atom stereocenters. The summed E-state index contributed by atoms with van der Waals surface area (Å²) in [6.45, 7) is 4.05. The van der Waals surface area contributed by atoms with E-state index in [1.165, 1.54) is 52.2 Å². The van der Waals surface area contributed by atoms with E-state index in [1.807, 2.05) is 6.92 Å². The van der Waals surface area contributed by atoms with Gasteiger partial charge in [0.05, 0.1) is 25.4 Å². The molecular weight excluding hydrogens is 404 g/mol. The third-order valence-corrected chi connectivity index (χ3v) is 5.28. The summed E-state index contributed by atoms with van der Waals surface area (Å²) in [5.41, 5.74) is 0.420. The zero-order valence-electron chi connectivity index (χ0n) is 17.1. The maximum atomic E-state index is 14.8. The molecule has 8 heteroatoms. The molecule has 0 radical (unpaired) electrons. The van der Waals surface area contributed by atoms with Crippen molar-refractivity contribution in [2.24, 2.45) is 0 Å². The lowest BCUT2D eigenvalue weighted by atomic mass is 9.99. The molecule has 0 N–H and O–H groups in total. The summed E-state index contributed by atoms with van der Waals surface area (Å²) >= 11 is 0. The fourth-order valence-corrected chi connectivity index (χ4v) is 3.77. The largest absolute Gasteiger partial charge is 0.462 e. The Labute approximate surface area is 178 Å². The van der Waals surface area contributed by atoms with Crippen molar-refractivity contribution in [2.45, 2.75) is 32.4 Å². The number of hydrogen-bond donors (Lipinski definition) is 0. The standard InChI is InChI=1S/C23H21F2N3O3/c1-3-31-22(30)19-13-26-27-14-15(2)28(21(29)20(19)27)18-11-9-17(10-12-18)23(24,25)16-7-5-4-6-8-16/h4-13,15H,3,14H2,1-2H3/t15-/m0/s1. The predicted octanol–water partition coefficient (Wildman–Crippen LogP) is 4.25. The molecule has 0 saturated heterocycles. The monoisotopic (exact) mass is 425 g/mol. The van der Waals surface area contributed by atoms with E-state index in [2.05, 4.69) is 5.10 Å². The van der Waals surface area contributed by atoms with Gasteiger partial charge in [0.2, 0.25) is 0 Å². The molecule has 1 amide bonds. The van der Waals surface area contributed by atoms with E-state index in [0.717, 1.165) is 0 Å². The summed E-state index contributed by atoms with van der Waals surface area (Å²) in [4.78, 5) is 26.9. The second kappa shape index (κ2) is 7.94. The van der Waals surface area contributed by atoms with Gasteiger partial charge in [0.1, 0.15) is 11.3 Å². The minimum Gasteiger partial charge on any atom is -0.462 e. The molecule has 0 fully saturated rings. The topological polar surface area (TPSA) is 64.4 Å². The molecule has 6 nitrogen and oxygen atoms in total. The molecule has 1 atom stereocenters. The molecule has 0 spiro atoms. The Kier molecular flexibility index (Phi) is 5.31. The fourth-order valence-electron chi connectivity index (χ4n) is 3.77. The van der Waals surface area contributed by atoms with Crippen molar-refractivity contribution >= 4 is 17.6 Å². The lowest BCUT2D eigenvalue weighted by Crippen LogP contribution is -2.47. The van der Waals surface area contributed by atoms with Gasteiger partial charge in [-0.3, -0.25) is 9.48 Å². The summed E-state index contributed by atoms with van der Waals surface area (Å²) in [5.74, 6) is -4.21. The van der Waals surface area contributed by atoms with E-state index in [0.29, 0.717) is 12.2 Å². The number of rotatable bonds is 5. The first-order valence-electron chi connectivity index (χ1n) is 9.95. The van der Waals surface area contributed by atoms with Crippen molar-refractivity contribution in [2.75, 3.05) is 11.5 Å². The molecule has 0 bridgehead atoms. The Morgan fingerprint density at radius 2 is 1.77 bits per heavy atom. The van der Waals surface area contributed by atoms with Crippen molar-refractivity contribution in [3.63, 3.8) is 0 Å². The quantitative estimate of drug-likeness (QED) is 0.574. The van der Waals surface area contributed by atoms with Crippen molar-refractivity contribution < 1.29 is 23.1 Å². The van der Waals surface area contributed by atoms with Crippen LogP contribution in [0.25, 0.3) is 0 Å². The van der Waals surface area contributed by atoms with Crippen LogP contribution in [-0.4, -0.2) is 34.3 Å². The number of anilines is 1. The Morgan fingerprint density at radius 1 is 1.13 bits per heavy atom. The molecule has 2 aromatic carbocycles. The maximum absolute atomic E-state index is 14.8. The fraction of sp³-hybridized carbons (Fsp3) is 0.261. The third kappa shape index (κ3) is 3.58. The van der Waals surface area contributed by atoms with E-state index in [1.54, 1.807) is 25.1 Å². The number of nitrogens with zero attached hydrogens (tertiary/aromatic N) is 3. The van der Waals surface area contributed by atoms with Gasteiger partial charge in [-0.15, -0.1) is 0 Å². The molecule has 0 saturated carbocycles. The van der Waals surface area contributed by atoms with Crippen LogP contribution in [0.4, 0.5) is 14.5 Å². The Bertz CT molecular complexity index is 1110. The number of alkyl halides is 2. The predicted molar refractivity (Wildman–Crippen MR) is 110 cm³/mol. The highest BCUT2D eigenvalue weighted by molar-refractivity contribution is 6.12. The Balaban J connectivity index is 1.66. The van der Waals surface area contributed by atoms with Crippen LogP contribution in [0.15, 0.2) is 60.8 Å². The van der Waals surface area contributed by atoms with E-state index in [-0.39, 0.29) is 35.0 Å². The number of carbonyl (C=O) groups is 2. The molecule has 31 heavy (non-hydrogen) atoms.